The van der Waals surface area contributed by atoms with Gasteiger partial charge in [0.2, 0.25) is 29.3 Å². The molecule has 3 heterocycles. The number of carbonyl (C=O) groups excluding carboxylic acids is 2. The van der Waals surface area contributed by atoms with Crippen LogP contribution in [0.4, 0.5) is 24.5 Å². The van der Waals surface area contributed by atoms with Crippen molar-refractivity contribution in [3.05, 3.63) is 65.4 Å². The fraction of sp³-hybridized carbons (Fsp3) is 0.269. The summed E-state index contributed by atoms with van der Waals surface area (Å²) in [6.07, 6.45) is -2.77. The van der Waals surface area contributed by atoms with Crippen LogP contribution in [0.2, 0.25) is 0 Å². The molecule has 38 heavy (non-hydrogen) atoms. The maximum Gasteiger partial charge on any atom is 0.391 e. The standard InChI is InChI=1S/C26H20F3N5O4/c1-12-2-3-13(22-33-25(38-34-22)16-7-17(8-16)26(27,28)29)9-19(12)32-23(36)20-11-30-24(37-20)14-4-5-18-15(6-14)10-21(35)31-18/h2-6,9,11,16-17H,7-8,10H2,1H3,(H,31,35)(H,32,36). The van der Waals surface area contributed by atoms with E-state index in [4.69, 9.17) is 8.94 Å². The average Bonchev–Trinajstić information content (AvgIpc) is 3.57. The first-order chi connectivity index (χ1) is 18.1. The predicted molar refractivity (Wildman–Crippen MR) is 128 cm³/mol. The number of carbonyl (C=O) groups is 2. The van der Waals surface area contributed by atoms with E-state index in [0.717, 1.165) is 16.8 Å². The molecule has 2 amide bonds. The number of hydrogen-bond donors (Lipinski definition) is 2. The van der Waals surface area contributed by atoms with Gasteiger partial charge in [0.25, 0.3) is 5.91 Å². The number of aromatic nitrogens is 3. The molecule has 2 N–H and O–H groups in total. The number of hydrogen-bond acceptors (Lipinski definition) is 7. The van der Waals surface area contributed by atoms with Gasteiger partial charge < -0.3 is 19.6 Å². The van der Waals surface area contributed by atoms with Crippen molar-refractivity contribution in [3.63, 3.8) is 0 Å². The predicted octanol–water partition coefficient (Wildman–Crippen LogP) is 5.50. The molecular formula is C26H20F3N5O4. The highest BCUT2D eigenvalue weighted by Crippen LogP contribution is 2.49. The number of halogens is 3. The third-order valence-corrected chi connectivity index (χ3v) is 6.84. The van der Waals surface area contributed by atoms with E-state index in [0.29, 0.717) is 16.8 Å². The van der Waals surface area contributed by atoms with Crippen LogP contribution in [0.5, 0.6) is 0 Å². The van der Waals surface area contributed by atoms with Gasteiger partial charge in [0.05, 0.1) is 18.5 Å². The number of amides is 2. The van der Waals surface area contributed by atoms with Crippen LogP contribution in [0.25, 0.3) is 22.8 Å². The highest BCUT2D eigenvalue weighted by Gasteiger charge is 2.49. The van der Waals surface area contributed by atoms with E-state index in [1.54, 1.807) is 43.3 Å². The SMILES string of the molecule is Cc1ccc(-c2noc(C3CC(C(F)(F)F)C3)n2)cc1NC(=O)c1cnc(-c2ccc3c(c2)CC(=O)N3)o1. The van der Waals surface area contributed by atoms with E-state index in [1.807, 2.05) is 0 Å². The Bertz CT molecular complexity index is 1570. The van der Waals surface area contributed by atoms with Crippen molar-refractivity contribution in [2.45, 2.75) is 38.3 Å². The molecule has 1 aliphatic heterocycles. The number of rotatable bonds is 5. The van der Waals surface area contributed by atoms with Crippen LogP contribution in [0.1, 0.15) is 46.3 Å². The second-order valence-corrected chi connectivity index (χ2v) is 9.47. The van der Waals surface area contributed by atoms with Gasteiger partial charge in [0, 0.05) is 28.4 Å². The molecule has 1 saturated carbocycles. The Balaban J connectivity index is 1.16. The van der Waals surface area contributed by atoms with Gasteiger partial charge in [-0.3, -0.25) is 9.59 Å². The minimum absolute atomic E-state index is 0.00875. The second kappa shape index (κ2) is 8.82. The van der Waals surface area contributed by atoms with E-state index in [-0.39, 0.29) is 48.5 Å². The lowest BCUT2D eigenvalue weighted by Gasteiger charge is -2.33. The number of benzene rings is 2. The smallest absolute Gasteiger partial charge is 0.391 e. The molecule has 0 atom stereocenters. The van der Waals surface area contributed by atoms with Crippen LogP contribution in [0.15, 0.2) is 51.5 Å². The van der Waals surface area contributed by atoms with Gasteiger partial charge in [-0.2, -0.15) is 18.2 Å². The van der Waals surface area contributed by atoms with Crippen molar-refractivity contribution in [1.82, 2.24) is 15.1 Å². The molecule has 0 radical (unpaired) electrons. The fourth-order valence-corrected chi connectivity index (χ4v) is 4.56. The summed E-state index contributed by atoms with van der Waals surface area (Å²) in [4.78, 5) is 33.0. The highest BCUT2D eigenvalue weighted by atomic mass is 19.4. The van der Waals surface area contributed by atoms with Crippen molar-refractivity contribution < 1.29 is 31.7 Å². The Hall–Kier alpha value is -4.48. The first-order valence-electron chi connectivity index (χ1n) is 11.9. The van der Waals surface area contributed by atoms with Crippen LogP contribution < -0.4 is 10.6 Å². The van der Waals surface area contributed by atoms with Crippen molar-refractivity contribution in [2.75, 3.05) is 10.6 Å². The average molecular weight is 523 g/mol. The molecule has 0 bridgehead atoms. The summed E-state index contributed by atoms with van der Waals surface area (Å²) in [6.45, 7) is 1.80. The minimum Gasteiger partial charge on any atom is -0.431 e. The number of nitrogens with one attached hydrogen (secondary N) is 2. The van der Waals surface area contributed by atoms with Gasteiger partial charge in [-0.1, -0.05) is 17.3 Å². The van der Waals surface area contributed by atoms with Gasteiger partial charge in [0.1, 0.15) is 0 Å². The molecule has 0 unspecified atom stereocenters. The first kappa shape index (κ1) is 23.9. The normalized spacial score (nSPS) is 18.6. The minimum atomic E-state index is -4.22. The zero-order valence-electron chi connectivity index (χ0n) is 19.9. The summed E-state index contributed by atoms with van der Waals surface area (Å²) in [6, 6.07) is 10.5. The highest BCUT2D eigenvalue weighted by molar-refractivity contribution is 6.03. The Kier molecular flexibility index (Phi) is 5.55. The molecule has 0 spiro atoms. The molecule has 6 rings (SSSR count). The zero-order chi connectivity index (χ0) is 26.6. The Labute approximate surface area is 213 Å². The van der Waals surface area contributed by atoms with E-state index in [2.05, 4.69) is 25.8 Å². The number of fused-ring (bicyclic) bond motifs is 1. The number of anilines is 2. The zero-order valence-corrected chi connectivity index (χ0v) is 19.9. The molecule has 194 valence electrons. The molecule has 2 aromatic heterocycles. The van der Waals surface area contributed by atoms with E-state index >= 15 is 0 Å². The summed E-state index contributed by atoms with van der Waals surface area (Å²) in [5.74, 6) is -1.75. The number of oxazole rings is 1. The van der Waals surface area contributed by atoms with Crippen LogP contribution in [-0.4, -0.2) is 33.1 Å². The molecule has 4 aromatic rings. The summed E-state index contributed by atoms with van der Waals surface area (Å²) in [7, 11) is 0. The lowest BCUT2D eigenvalue weighted by Crippen LogP contribution is -2.34. The molecule has 1 fully saturated rings. The van der Waals surface area contributed by atoms with Gasteiger partial charge in [0.15, 0.2) is 0 Å². The molecule has 0 saturated heterocycles. The third-order valence-electron chi connectivity index (χ3n) is 6.84. The van der Waals surface area contributed by atoms with E-state index in [1.165, 1.54) is 6.20 Å². The molecule has 2 aromatic carbocycles. The topological polar surface area (TPSA) is 123 Å². The van der Waals surface area contributed by atoms with Crippen molar-refractivity contribution in [2.24, 2.45) is 5.92 Å². The van der Waals surface area contributed by atoms with Crippen LogP contribution in [0.3, 0.4) is 0 Å². The number of alkyl halides is 3. The third kappa shape index (κ3) is 4.42. The maximum absolute atomic E-state index is 12.9. The van der Waals surface area contributed by atoms with Crippen molar-refractivity contribution >= 4 is 23.2 Å². The first-order valence-corrected chi connectivity index (χ1v) is 11.9. The molecular weight excluding hydrogens is 503 g/mol. The largest absolute Gasteiger partial charge is 0.431 e. The monoisotopic (exact) mass is 523 g/mol. The maximum atomic E-state index is 12.9. The number of aryl methyl sites for hydroxylation is 1. The van der Waals surface area contributed by atoms with Gasteiger partial charge in [-0.05, 0) is 55.2 Å². The summed E-state index contributed by atoms with van der Waals surface area (Å²) >= 11 is 0. The van der Waals surface area contributed by atoms with Gasteiger partial charge >= 0.3 is 6.18 Å². The summed E-state index contributed by atoms with van der Waals surface area (Å²) in [5.41, 5.74) is 3.97. The van der Waals surface area contributed by atoms with Crippen molar-refractivity contribution in [3.8, 4) is 22.8 Å². The van der Waals surface area contributed by atoms with Crippen molar-refractivity contribution in [1.29, 1.82) is 0 Å². The van der Waals surface area contributed by atoms with Crippen LogP contribution >= 0.6 is 0 Å². The fourth-order valence-electron chi connectivity index (χ4n) is 4.56. The van der Waals surface area contributed by atoms with E-state index in [9.17, 15) is 22.8 Å². The van der Waals surface area contributed by atoms with Crippen LogP contribution in [-0.2, 0) is 11.2 Å². The second-order valence-electron chi connectivity index (χ2n) is 9.47. The van der Waals surface area contributed by atoms with Gasteiger partial charge in [-0.25, -0.2) is 4.98 Å². The lowest BCUT2D eigenvalue weighted by atomic mass is 9.74. The Morgan fingerprint density at radius 2 is 1.92 bits per heavy atom. The quantitative estimate of drug-likeness (QED) is 0.354. The Morgan fingerprint density at radius 1 is 1.13 bits per heavy atom. The van der Waals surface area contributed by atoms with Crippen LogP contribution in [0, 0.1) is 12.8 Å². The van der Waals surface area contributed by atoms with E-state index < -0.39 is 23.9 Å². The summed E-state index contributed by atoms with van der Waals surface area (Å²) in [5, 5.41) is 9.46. The molecule has 2 aliphatic rings. The Morgan fingerprint density at radius 3 is 2.71 bits per heavy atom. The number of nitrogens with zero attached hydrogens (tertiary/aromatic N) is 3. The van der Waals surface area contributed by atoms with Gasteiger partial charge in [-0.15, -0.1) is 0 Å². The summed E-state index contributed by atoms with van der Waals surface area (Å²) < 4.78 is 49.3. The lowest BCUT2D eigenvalue weighted by molar-refractivity contribution is -0.198. The molecule has 9 nitrogen and oxygen atoms in total. The molecule has 1 aliphatic carbocycles. The molecule has 12 heteroatoms.